The second kappa shape index (κ2) is 12.0. The van der Waals surface area contributed by atoms with E-state index in [4.69, 9.17) is 4.74 Å². The number of aromatic nitrogens is 4. The van der Waals surface area contributed by atoms with Crippen LogP contribution < -0.4 is 15.6 Å². The number of hydrogen-bond donors (Lipinski definition) is 3. The van der Waals surface area contributed by atoms with Crippen LogP contribution in [-0.4, -0.2) is 63.0 Å². The number of halogens is 1. The number of nitrogens with one attached hydrogen (secondary N) is 3. The molecule has 1 unspecified atom stereocenters. The number of benzene rings is 2. The average Bonchev–Trinajstić information content (AvgIpc) is 3.62. The number of alkyl halides is 1. The highest BCUT2D eigenvalue weighted by Crippen LogP contribution is 2.27. The maximum atomic E-state index is 13.6. The molecule has 9 nitrogen and oxygen atoms in total. The lowest BCUT2D eigenvalue weighted by Gasteiger charge is -2.28. The van der Waals surface area contributed by atoms with Crippen molar-refractivity contribution in [1.29, 1.82) is 0 Å². The van der Waals surface area contributed by atoms with Crippen molar-refractivity contribution in [2.75, 3.05) is 31.6 Å². The number of aromatic amines is 2. The van der Waals surface area contributed by atoms with Crippen molar-refractivity contribution in [3.8, 4) is 17.0 Å². The summed E-state index contributed by atoms with van der Waals surface area (Å²) in [6.45, 7) is 5.11. The average molecular weight is 569 g/mol. The molecule has 1 saturated heterocycles. The van der Waals surface area contributed by atoms with Crippen LogP contribution in [0.4, 0.5) is 10.1 Å². The largest absolute Gasteiger partial charge is 0.492 e. The molecule has 3 N–H and O–H groups in total. The first-order valence-corrected chi connectivity index (χ1v) is 14.1. The molecule has 1 atom stereocenters. The Labute approximate surface area is 242 Å². The third kappa shape index (κ3) is 6.44. The van der Waals surface area contributed by atoms with Gasteiger partial charge in [0.2, 0.25) is 0 Å². The zero-order valence-electron chi connectivity index (χ0n) is 23.4. The number of rotatable bonds is 9. The van der Waals surface area contributed by atoms with E-state index in [2.05, 4.69) is 25.3 Å². The van der Waals surface area contributed by atoms with Gasteiger partial charge in [0.1, 0.15) is 18.5 Å². The van der Waals surface area contributed by atoms with Crippen LogP contribution in [0.2, 0.25) is 0 Å². The number of piperidine rings is 1. The van der Waals surface area contributed by atoms with Crippen molar-refractivity contribution in [3.63, 3.8) is 0 Å². The number of ether oxygens (including phenoxy) is 1. The Morgan fingerprint density at radius 2 is 2.02 bits per heavy atom. The number of amides is 1. The Morgan fingerprint density at radius 1 is 1.17 bits per heavy atom. The first-order chi connectivity index (χ1) is 20.4. The van der Waals surface area contributed by atoms with Gasteiger partial charge >= 0.3 is 0 Å². The van der Waals surface area contributed by atoms with E-state index in [1.54, 1.807) is 16.9 Å². The number of carbonyl (C=O) groups is 1. The number of nitrogens with zero attached hydrogens (tertiary/aromatic N) is 3. The Balaban J connectivity index is 1.11. The molecule has 5 aromatic rings. The zero-order chi connectivity index (χ0) is 29.1. The van der Waals surface area contributed by atoms with Gasteiger partial charge in [0, 0.05) is 36.4 Å². The van der Waals surface area contributed by atoms with Gasteiger partial charge in [-0.25, -0.2) is 4.39 Å². The summed E-state index contributed by atoms with van der Waals surface area (Å²) >= 11 is 0. The number of anilines is 1. The van der Waals surface area contributed by atoms with E-state index < -0.39 is 6.17 Å². The van der Waals surface area contributed by atoms with Crippen LogP contribution >= 0.6 is 0 Å². The summed E-state index contributed by atoms with van der Waals surface area (Å²) in [5, 5.41) is 8.06. The molecule has 4 heterocycles. The minimum atomic E-state index is -0.753. The van der Waals surface area contributed by atoms with Gasteiger partial charge in [-0.2, -0.15) is 5.10 Å². The molecule has 3 aromatic heterocycles. The summed E-state index contributed by atoms with van der Waals surface area (Å²) in [6, 6.07) is 17.4. The third-order valence-electron chi connectivity index (χ3n) is 7.53. The van der Waals surface area contributed by atoms with Gasteiger partial charge in [0.15, 0.2) is 0 Å². The molecule has 10 heteroatoms. The predicted molar refractivity (Wildman–Crippen MR) is 161 cm³/mol. The van der Waals surface area contributed by atoms with Gasteiger partial charge in [0.25, 0.3) is 11.5 Å². The summed E-state index contributed by atoms with van der Waals surface area (Å²) in [5.74, 6) is 0.382. The van der Waals surface area contributed by atoms with Crippen LogP contribution in [0.1, 0.15) is 34.3 Å². The standard InChI is InChI=1S/C32H33FN6O3/c1-21-4-6-22(7-5-21)18-39-19-24(16-35-39)31(40)36-26-15-28(32(41)34-17-26)30-14-23-13-27(8-9-29(23)37-30)42-12-11-38-10-2-3-25(33)20-38/h4-9,13-17,19,25,37H,2-3,10-12,18,20H2,1H3,(H,34,41)(H,36,40). The van der Waals surface area contributed by atoms with E-state index in [-0.39, 0.29) is 11.5 Å². The summed E-state index contributed by atoms with van der Waals surface area (Å²) in [6.07, 6.45) is 5.46. The molecule has 0 radical (unpaired) electrons. The molecule has 1 amide bonds. The van der Waals surface area contributed by atoms with Crippen LogP contribution in [0.25, 0.3) is 22.2 Å². The molecule has 216 valence electrons. The molecule has 0 spiro atoms. The number of likely N-dealkylation sites (tertiary alicyclic amines) is 1. The van der Waals surface area contributed by atoms with Crippen molar-refractivity contribution < 1.29 is 13.9 Å². The highest BCUT2D eigenvalue weighted by Gasteiger charge is 2.19. The number of fused-ring (bicyclic) bond motifs is 1. The molecular weight excluding hydrogens is 535 g/mol. The molecule has 42 heavy (non-hydrogen) atoms. The smallest absolute Gasteiger partial charge is 0.258 e. The number of pyridine rings is 1. The van der Waals surface area contributed by atoms with Gasteiger partial charge in [0.05, 0.1) is 35.2 Å². The molecule has 0 bridgehead atoms. The predicted octanol–water partition coefficient (Wildman–Crippen LogP) is 5.14. The Kier molecular flexibility index (Phi) is 7.87. The Bertz CT molecular complexity index is 1760. The summed E-state index contributed by atoms with van der Waals surface area (Å²) in [7, 11) is 0. The van der Waals surface area contributed by atoms with Crippen LogP contribution in [-0.2, 0) is 6.54 Å². The fourth-order valence-electron chi connectivity index (χ4n) is 5.25. The first-order valence-electron chi connectivity index (χ1n) is 14.1. The second-order valence-electron chi connectivity index (χ2n) is 10.8. The fraction of sp³-hybridized carbons (Fsp3) is 0.281. The third-order valence-corrected chi connectivity index (χ3v) is 7.53. The monoisotopic (exact) mass is 568 g/mol. The maximum absolute atomic E-state index is 13.6. The molecule has 1 aliphatic rings. The van der Waals surface area contributed by atoms with E-state index in [1.807, 2.05) is 55.5 Å². The van der Waals surface area contributed by atoms with E-state index in [0.717, 1.165) is 29.4 Å². The van der Waals surface area contributed by atoms with Crippen LogP contribution in [0.3, 0.4) is 0 Å². The van der Waals surface area contributed by atoms with Crippen LogP contribution in [0, 0.1) is 6.92 Å². The topological polar surface area (TPSA) is 108 Å². The zero-order valence-corrected chi connectivity index (χ0v) is 23.4. The van der Waals surface area contributed by atoms with Gasteiger partial charge in [-0.3, -0.25) is 19.2 Å². The summed E-state index contributed by atoms with van der Waals surface area (Å²) in [4.78, 5) is 33.8. The molecule has 0 saturated carbocycles. The van der Waals surface area contributed by atoms with E-state index in [9.17, 15) is 14.0 Å². The van der Waals surface area contributed by atoms with Crippen LogP contribution in [0.15, 0.2) is 78.0 Å². The number of aryl methyl sites for hydroxylation is 1. The molecule has 1 aliphatic heterocycles. The minimum absolute atomic E-state index is 0.283. The molecule has 2 aromatic carbocycles. The normalized spacial score (nSPS) is 15.6. The quantitative estimate of drug-likeness (QED) is 0.228. The highest BCUT2D eigenvalue weighted by atomic mass is 19.1. The number of H-pyrrole nitrogens is 2. The van der Waals surface area contributed by atoms with Gasteiger partial charge in [-0.15, -0.1) is 0 Å². The highest BCUT2D eigenvalue weighted by molar-refractivity contribution is 6.04. The number of carbonyl (C=O) groups excluding carboxylic acids is 1. The lowest BCUT2D eigenvalue weighted by atomic mass is 10.1. The van der Waals surface area contributed by atoms with Gasteiger partial charge in [-0.1, -0.05) is 29.8 Å². The summed E-state index contributed by atoms with van der Waals surface area (Å²) < 4.78 is 21.3. The molecule has 0 aliphatic carbocycles. The Morgan fingerprint density at radius 3 is 2.86 bits per heavy atom. The molecular formula is C32H33FN6O3. The lowest BCUT2D eigenvalue weighted by molar-refractivity contribution is 0.102. The molecule has 6 rings (SSSR count). The van der Waals surface area contributed by atoms with E-state index in [0.29, 0.717) is 60.9 Å². The fourth-order valence-corrected chi connectivity index (χ4v) is 5.25. The maximum Gasteiger partial charge on any atom is 0.258 e. The van der Waals surface area contributed by atoms with Crippen molar-refractivity contribution in [2.45, 2.75) is 32.5 Å². The lowest BCUT2D eigenvalue weighted by Crippen LogP contribution is -2.38. The van der Waals surface area contributed by atoms with E-state index >= 15 is 0 Å². The van der Waals surface area contributed by atoms with Crippen molar-refractivity contribution in [3.05, 3.63) is 100 Å². The number of hydrogen-bond acceptors (Lipinski definition) is 5. The van der Waals surface area contributed by atoms with E-state index in [1.165, 1.54) is 18.0 Å². The minimum Gasteiger partial charge on any atom is -0.492 e. The van der Waals surface area contributed by atoms with Crippen molar-refractivity contribution in [2.24, 2.45) is 0 Å². The molecule has 1 fully saturated rings. The Hall–Kier alpha value is -4.70. The van der Waals surface area contributed by atoms with Crippen molar-refractivity contribution in [1.82, 2.24) is 24.6 Å². The SMILES string of the molecule is Cc1ccc(Cn2cc(C(=O)Nc3c[nH]c(=O)c(-c4cc5cc(OCCN6CCCC(F)C6)ccc5[nH]4)c3)cn2)cc1. The van der Waals surface area contributed by atoms with Gasteiger partial charge in [-0.05, 0) is 62.2 Å². The van der Waals surface area contributed by atoms with Crippen LogP contribution in [0.5, 0.6) is 5.75 Å². The second-order valence-corrected chi connectivity index (χ2v) is 10.8. The first kappa shape index (κ1) is 27.5. The van der Waals surface area contributed by atoms with Gasteiger partial charge < -0.3 is 20.0 Å². The summed E-state index contributed by atoms with van der Waals surface area (Å²) in [5.41, 5.74) is 4.73. The van der Waals surface area contributed by atoms with Crippen molar-refractivity contribution >= 4 is 22.5 Å².